The molecule has 0 aliphatic rings. The third-order valence-electron chi connectivity index (χ3n) is 3.76. The summed E-state index contributed by atoms with van der Waals surface area (Å²) < 4.78 is 52.2. The van der Waals surface area contributed by atoms with Gasteiger partial charge >= 0.3 is 12.1 Å². The maximum absolute atomic E-state index is 12.0. The number of sulfonamides is 2. The average Bonchev–Trinajstić information content (AvgIpc) is 3.32. The Bertz CT molecular complexity index is 1060. The quantitative estimate of drug-likeness (QED) is 0.308. The highest BCUT2D eigenvalue weighted by atomic mass is 35.5. The van der Waals surface area contributed by atoms with Gasteiger partial charge in [0.15, 0.2) is 0 Å². The Hall–Kier alpha value is -1.58. The van der Waals surface area contributed by atoms with Gasteiger partial charge < -0.3 is 10.6 Å². The standard InChI is InChI=1S/C16H20Cl2N4O6S4/c17-11-5-7-13(29-11)31(25,26)21-15(23)19-9-3-1-2-4-10-20-16(24)22-32(27,28)14-8-6-12(18)30-14/h5-8H,1-4,9-10H2,(H2,19,21,23)(H2,20,22,24). The number of rotatable bonds is 11. The zero-order valence-corrected chi connectivity index (χ0v) is 21.2. The molecule has 16 heteroatoms. The normalized spacial score (nSPS) is 11.7. The molecule has 0 aliphatic carbocycles. The summed E-state index contributed by atoms with van der Waals surface area (Å²) in [7, 11) is -7.91. The average molecular weight is 564 g/mol. The zero-order chi connectivity index (χ0) is 23.8. The van der Waals surface area contributed by atoms with Gasteiger partial charge in [-0.2, -0.15) is 0 Å². The molecule has 0 fully saturated rings. The largest absolute Gasteiger partial charge is 0.337 e. The van der Waals surface area contributed by atoms with E-state index in [1.165, 1.54) is 24.3 Å². The summed E-state index contributed by atoms with van der Waals surface area (Å²) in [6.07, 6.45) is 2.61. The first-order valence-electron chi connectivity index (χ1n) is 9.11. The highest BCUT2D eigenvalue weighted by Crippen LogP contribution is 2.26. The van der Waals surface area contributed by atoms with Crippen molar-refractivity contribution < 1.29 is 26.4 Å². The SMILES string of the molecule is O=C(NCCCCCCNC(=O)NS(=O)(=O)c1ccc(Cl)s1)NS(=O)(=O)c1ccc(Cl)s1. The third-order valence-corrected chi connectivity index (χ3v) is 9.86. The smallest absolute Gasteiger partial charge is 0.328 e. The van der Waals surface area contributed by atoms with E-state index in [0.29, 0.717) is 34.4 Å². The maximum Gasteiger partial charge on any atom is 0.328 e. The van der Waals surface area contributed by atoms with Crippen LogP contribution in [-0.2, 0) is 20.0 Å². The molecule has 4 amide bonds. The number of amides is 4. The predicted octanol–water partition coefficient (Wildman–Crippen LogP) is 3.35. The van der Waals surface area contributed by atoms with Gasteiger partial charge in [0, 0.05) is 13.1 Å². The summed E-state index contributed by atoms with van der Waals surface area (Å²) in [6, 6.07) is 3.81. The number of hydrogen-bond acceptors (Lipinski definition) is 8. The van der Waals surface area contributed by atoms with Crippen molar-refractivity contribution in [2.45, 2.75) is 34.1 Å². The predicted molar refractivity (Wildman–Crippen MR) is 125 cm³/mol. The number of halogens is 2. The second-order valence-electron chi connectivity index (χ2n) is 6.25. The molecule has 0 atom stereocenters. The lowest BCUT2D eigenvalue weighted by Gasteiger charge is -2.08. The molecule has 10 nitrogen and oxygen atoms in total. The van der Waals surface area contributed by atoms with E-state index >= 15 is 0 Å². The molecule has 0 bridgehead atoms. The van der Waals surface area contributed by atoms with Crippen LogP contribution in [0, 0.1) is 0 Å². The fraction of sp³-hybridized carbons (Fsp3) is 0.375. The van der Waals surface area contributed by atoms with Crippen molar-refractivity contribution in [1.82, 2.24) is 20.1 Å². The topological polar surface area (TPSA) is 151 Å². The van der Waals surface area contributed by atoms with E-state index in [0.717, 1.165) is 22.7 Å². The fourth-order valence-corrected chi connectivity index (χ4v) is 7.13. The Balaban J connectivity index is 1.55. The molecule has 2 heterocycles. The highest BCUT2D eigenvalue weighted by Gasteiger charge is 2.20. The summed E-state index contributed by atoms with van der Waals surface area (Å²) >= 11 is 13.1. The minimum Gasteiger partial charge on any atom is -0.337 e. The Morgan fingerprint density at radius 3 is 1.38 bits per heavy atom. The van der Waals surface area contributed by atoms with Crippen LogP contribution >= 0.6 is 45.9 Å². The van der Waals surface area contributed by atoms with Crippen molar-refractivity contribution in [2.75, 3.05) is 13.1 Å². The zero-order valence-electron chi connectivity index (χ0n) is 16.4. The molecule has 2 aromatic heterocycles. The monoisotopic (exact) mass is 562 g/mol. The van der Waals surface area contributed by atoms with E-state index in [-0.39, 0.29) is 21.5 Å². The minimum absolute atomic E-state index is 0.0545. The molecule has 2 aromatic rings. The van der Waals surface area contributed by atoms with E-state index in [9.17, 15) is 26.4 Å². The molecular formula is C16H20Cl2N4O6S4. The first kappa shape index (κ1) is 26.7. The summed E-state index contributed by atoms with van der Waals surface area (Å²) in [5.74, 6) is 0. The number of urea groups is 2. The summed E-state index contributed by atoms with van der Waals surface area (Å²) in [6.45, 7) is 0.532. The van der Waals surface area contributed by atoms with Gasteiger partial charge in [-0.25, -0.2) is 35.9 Å². The van der Waals surface area contributed by atoms with E-state index < -0.39 is 32.1 Å². The van der Waals surface area contributed by atoms with Crippen LogP contribution in [0.4, 0.5) is 9.59 Å². The number of hydrogen-bond donors (Lipinski definition) is 4. The Kier molecular flexibility index (Phi) is 10.0. The molecule has 0 aliphatic heterocycles. The van der Waals surface area contributed by atoms with E-state index in [4.69, 9.17) is 23.2 Å². The lowest BCUT2D eigenvalue weighted by atomic mass is 10.2. The lowest BCUT2D eigenvalue weighted by molar-refractivity contribution is 0.244. The molecule has 0 spiro atoms. The van der Waals surface area contributed by atoms with Crippen LogP contribution in [0.15, 0.2) is 32.7 Å². The van der Waals surface area contributed by atoms with Crippen LogP contribution in [0.2, 0.25) is 8.67 Å². The third kappa shape index (κ3) is 8.75. The van der Waals surface area contributed by atoms with Crippen molar-refractivity contribution in [3.05, 3.63) is 32.9 Å². The molecule has 2 rings (SSSR count). The lowest BCUT2D eigenvalue weighted by Crippen LogP contribution is -2.39. The van der Waals surface area contributed by atoms with Crippen LogP contribution < -0.4 is 20.1 Å². The van der Waals surface area contributed by atoms with Gasteiger partial charge in [-0.05, 0) is 37.1 Å². The molecule has 0 saturated carbocycles. The molecule has 0 radical (unpaired) electrons. The maximum atomic E-state index is 12.0. The number of thiophene rings is 2. The number of unbranched alkanes of at least 4 members (excludes halogenated alkanes) is 3. The van der Waals surface area contributed by atoms with Crippen molar-refractivity contribution in [1.29, 1.82) is 0 Å². The van der Waals surface area contributed by atoms with Gasteiger partial charge in [0.05, 0.1) is 8.67 Å². The summed E-state index contributed by atoms with van der Waals surface area (Å²) in [4.78, 5) is 23.5. The van der Waals surface area contributed by atoms with Crippen molar-refractivity contribution in [3.63, 3.8) is 0 Å². The second-order valence-corrected chi connectivity index (χ2v) is 13.5. The molecular weight excluding hydrogens is 543 g/mol. The van der Waals surface area contributed by atoms with E-state index in [2.05, 4.69) is 10.6 Å². The van der Waals surface area contributed by atoms with Gasteiger partial charge in [0.1, 0.15) is 8.42 Å². The Labute approximate surface area is 203 Å². The number of nitrogens with one attached hydrogen (secondary N) is 4. The van der Waals surface area contributed by atoms with Crippen LogP contribution in [-0.4, -0.2) is 42.0 Å². The molecule has 178 valence electrons. The minimum atomic E-state index is -3.95. The Morgan fingerprint density at radius 2 is 1.06 bits per heavy atom. The first-order valence-corrected chi connectivity index (χ1v) is 14.5. The van der Waals surface area contributed by atoms with Gasteiger partial charge in [0.2, 0.25) is 0 Å². The van der Waals surface area contributed by atoms with Crippen molar-refractivity contribution >= 4 is 78.0 Å². The summed E-state index contributed by atoms with van der Waals surface area (Å²) in [5.41, 5.74) is 0. The number of carbonyl (C=O) groups is 2. The second kappa shape index (κ2) is 12.0. The van der Waals surface area contributed by atoms with Gasteiger partial charge in [-0.1, -0.05) is 36.0 Å². The van der Waals surface area contributed by atoms with Crippen LogP contribution in [0.1, 0.15) is 25.7 Å². The fourth-order valence-electron chi connectivity index (χ4n) is 2.31. The van der Waals surface area contributed by atoms with Crippen LogP contribution in [0.5, 0.6) is 0 Å². The van der Waals surface area contributed by atoms with Gasteiger partial charge in [-0.3, -0.25) is 0 Å². The molecule has 0 saturated heterocycles. The van der Waals surface area contributed by atoms with Crippen molar-refractivity contribution in [2.24, 2.45) is 0 Å². The molecule has 32 heavy (non-hydrogen) atoms. The van der Waals surface area contributed by atoms with E-state index in [1.807, 2.05) is 9.44 Å². The number of carbonyl (C=O) groups excluding carboxylic acids is 2. The summed E-state index contributed by atoms with van der Waals surface area (Å²) in [5, 5.41) is 4.91. The first-order chi connectivity index (χ1) is 15.0. The van der Waals surface area contributed by atoms with E-state index in [1.54, 1.807) is 0 Å². The molecule has 4 N–H and O–H groups in total. The molecule has 0 unspecified atom stereocenters. The van der Waals surface area contributed by atoms with Crippen molar-refractivity contribution in [3.8, 4) is 0 Å². The van der Waals surface area contributed by atoms with Crippen LogP contribution in [0.25, 0.3) is 0 Å². The van der Waals surface area contributed by atoms with Gasteiger partial charge in [-0.15, -0.1) is 22.7 Å². The molecule has 0 aromatic carbocycles. The highest BCUT2D eigenvalue weighted by molar-refractivity contribution is 7.92. The van der Waals surface area contributed by atoms with Gasteiger partial charge in [0.25, 0.3) is 20.0 Å². The Morgan fingerprint density at radius 1 is 0.688 bits per heavy atom. The van der Waals surface area contributed by atoms with Crippen LogP contribution in [0.3, 0.4) is 0 Å².